The molecule has 0 aliphatic carbocycles. The maximum absolute atomic E-state index is 12.4. The summed E-state index contributed by atoms with van der Waals surface area (Å²) in [5.74, 6) is 1.23. The molecule has 0 atom stereocenters. The lowest BCUT2D eigenvalue weighted by atomic mass is 9.94. The van der Waals surface area contributed by atoms with Crippen molar-refractivity contribution < 1.29 is 4.79 Å². The Bertz CT molecular complexity index is 1500. The highest BCUT2D eigenvalue weighted by molar-refractivity contribution is 6.16. The number of nitrogens with zero attached hydrogens (tertiary/aromatic N) is 3. The predicted octanol–water partition coefficient (Wildman–Crippen LogP) is 5.40. The first-order valence-electron chi connectivity index (χ1n) is 11.5. The van der Waals surface area contributed by atoms with Gasteiger partial charge < -0.3 is 27.2 Å². The number of anilines is 4. The third kappa shape index (κ3) is 4.58. The van der Waals surface area contributed by atoms with E-state index in [4.69, 9.17) is 21.7 Å². The third-order valence-electron chi connectivity index (χ3n) is 5.80. The lowest BCUT2D eigenvalue weighted by Crippen LogP contribution is -2.16. The monoisotopic (exact) mass is 480 g/mol. The van der Waals surface area contributed by atoms with Gasteiger partial charge in [-0.15, -0.1) is 5.10 Å². The summed E-state index contributed by atoms with van der Waals surface area (Å²) in [6.07, 6.45) is 3.86. The van der Waals surface area contributed by atoms with Crippen molar-refractivity contribution in [2.45, 2.75) is 26.7 Å². The average molecular weight is 481 g/mol. The Morgan fingerprint density at radius 3 is 2.56 bits per heavy atom. The first-order chi connectivity index (χ1) is 17.4. The van der Waals surface area contributed by atoms with Crippen molar-refractivity contribution in [3.63, 3.8) is 0 Å². The van der Waals surface area contributed by atoms with E-state index in [1.165, 1.54) is 6.21 Å². The van der Waals surface area contributed by atoms with Crippen LogP contribution in [0.25, 0.3) is 16.7 Å². The van der Waals surface area contributed by atoms with E-state index in [9.17, 15) is 4.79 Å². The second kappa shape index (κ2) is 10.2. The van der Waals surface area contributed by atoms with Gasteiger partial charge in [-0.1, -0.05) is 38.1 Å². The van der Waals surface area contributed by atoms with Crippen LogP contribution < -0.4 is 16.4 Å². The van der Waals surface area contributed by atoms with Crippen molar-refractivity contribution in [2.75, 3.05) is 16.4 Å². The number of carbonyl (C=O) groups excluding carboxylic acids is 1. The van der Waals surface area contributed by atoms with Crippen LogP contribution in [0.2, 0.25) is 0 Å². The molecule has 0 spiro atoms. The number of hydrogen-bond donors (Lipinski definition) is 5. The number of fused-ring (bicyclic) bond motifs is 1. The van der Waals surface area contributed by atoms with Gasteiger partial charge >= 0.3 is 0 Å². The number of benzene rings is 2. The highest BCUT2D eigenvalue weighted by atomic mass is 16.1. The number of nitrogens with one attached hydrogen (secondary N) is 4. The fourth-order valence-corrected chi connectivity index (χ4v) is 4.09. The molecule has 4 aromatic rings. The van der Waals surface area contributed by atoms with Crippen molar-refractivity contribution in [2.24, 2.45) is 0 Å². The topological polar surface area (TPSA) is 146 Å². The van der Waals surface area contributed by atoms with Crippen molar-refractivity contribution in [1.82, 2.24) is 14.8 Å². The van der Waals surface area contributed by atoms with Gasteiger partial charge in [-0.05, 0) is 54.8 Å². The van der Waals surface area contributed by atoms with Gasteiger partial charge in [0.15, 0.2) is 11.6 Å². The molecule has 2 heterocycles. The van der Waals surface area contributed by atoms with Crippen LogP contribution in [0.1, 0.15) is 37.8 Å². The molecular formula is C27H28N8O. The molecule has 0 unspecified atom stereocenters. The van der Waals surface area contributed by atoms with Crippen LogP contribution in [0.5, 0.6) is 0 Å². The van der Waals surface area contributed by atoms with Crippen molar-refractivity contribution in [3.8, 4) is 5.82 Å². The molecule has 2 aromatic heterocycles. The maximum atomic E-state index is 12.4. The Labute approximate surface area is 209 Å². The molecule has 9 heteroatoms. The van der Waals surface area contributed by atoms with Gasteiger partial charge in [0, 0.05) is 34.8 Å². The van der Waals surface area contributed by atoms with Gasteiger partial charge in [0.2, 0.25) is 0 Å². The Hall–Kier alpha value is -4.79. The SMILES string of the molecule is C/C=C(\C=N)C(=O)Nc1cccc(-n2nc(Nc3ccc(N)c(C=N)c3C(C)C)c3ccccc32)n1. The Morgan fingerprint density at radius 2 is 1.86 bits per heavy atom. The van der Waals surface area contributed by atoms with Crippen LogP contribution in [0, 0.1) is 10.8 Å². The smallest absolute Gasteiger partial charge is 0.258 e. The lowest BCUT2D eigenvalue weighted by molar-refractivity contribution is -0.112. The largest absolute Gasteiger partial charge is 0.398 e. The number of nitrogen functional groups attached to an aromatic ring is 1. The molecule has 1 amide bonds. The quantitative estimate of drug-likeness (QED) is 0.130. The highest BCUT2D eigenvalue weighted by Crippen LogP contribution is 2.35. The van der Waals surface area contributed by atoms with Crippen LogP contribution >= 0.6 is 0 Å². The van der Waals surface area contributed by atoms with Gasteiger partial charge in [0.05, 0.1) is 11.1 Å². The molecule has 0 radical (unpaired) electrons. The van der Waals surface area contributed by atoms with Crippen LogP contribution in [-0.4, -0.2) is 33.1 Å². The first-order valence-corrected chi connectivity index (χ1v) is 11.5. The number of rotatable bonds is 8. The van der Waals surface area contributed by atoms with Crippen LogP contribution in [-0.2, 0) is 4.79 Å². The minimum absolute atomic E-state index is 0.130. The van der Waals surface area contributed by atoms with E-state index in [0.717, 1.165) is 28.4 Å². The summed E-state index contributed by atoms with van der Waals surface area (Å²) >= 11 is 0. The molecule has 0 bridgehead atoms. The highest BCUT2D eigenvalue weighted by Gasteiger charge is 2.18. The Morgan fingerprint density at radius 1 is 1.08 bits per heavy atom. The molecule has 0 saturated carbocycles. The fraction of sp³-hybridized carbons (Fsp3) is 0.148. The van der Waals surface area contributed by atoms with Crippen molar-refractivity contribution in [1.29, 1.82) is 10.8 Å². The molecule has 182 valence electrons. The lowest BCUT2D eigenvalue weighted by Gasteiger charge is -2.18. The summed E-state index contributed by atoms with van der Waals surface area (Å²) in [6.45, 7) is 5.82. The number of para-hydroxylation sites is 1. The van der Waals surface area contributed by atoms with Crippen LogP contribution in [0.15, 0.2) is 66.2 Å². The molecule has 2 aromatic carbocycles. The van der Waals surface area contributed by atoms with E-state index in [2.05, 4.69) is 29.5 Å². The number of nitrogens with two attached hydrogens (primary N) is 1. The zero-order valence-electron chi connectivity index (χ0n) is 20.3. The van der Waals surface area contributed by atoms with Crippen LogP contribution in [0.3, 0.4) is 0 Å². The normalized spacial score (nSPS) is 11.5. The summed E-state index contributed by atoms with van der Waals surface area (Å²) in [7, 11) is 0. The molecule has 0 aliphatic rings. The molecule has 4 rings (SSSR count). The average Bonchev–Trinajstić information content (AvgIpc) is 3.24. The molecule has 9 nitrogen and oxygen atoms in total. The predicted molar refractivity (Wildman–Crippen MR) is 146 cm³/mol. The number of aromatic nitrogens is 3. The standard InChI is InChI=1S/C27H28N8O/c1-4-17(14-28)27(36)33-23-10-7-11-24(32-23)35-22-9-6-5-8-18(22)26(34-35)31-21-13-12-20(30)19(15-29)25(21)16(2)3/h4-16,28-29H,30H2,1-3H3,(H,31,34)(H,32,33,36)/b17-4+,28-14?,29-15?. The molecule has 0 fully saturated rings. The number of carbonyl (C=O) groups is 1. The second-order valence-corrected chi connectivity index (χ2v) is 8.45. The molecule has 0 saturated heterocycles. The van der Waals surface area contributed by atoms with E-state index in [-0.39, 0.29) is 11.5 Å². The number of allylic oxidation sites excluding steroid dienone is 1. The summed E-state index contributed by atoms with van der Waals surface area (Å²) < 4.78 is 1.71. The van der Waals surface area contributed by atoms with Gasteiger partial charge in [0.1, 0.15) is 5.82 Å². The van der Waals surface area contributed by atoms with Gasteiger partial charge in [0.25, 0.3) is 5.91 Å². The fourth-order valence-electron chi connectivity index (χ4n) is 4.09. The summed E-state index contributed by atoms with van der Waals surface area (Å²) in [4.78, 5) is 17.0. The van der Waals surface area contributed by atoms with E-state index in [1.807, 2.05) is 36.4 Å². The second-order valence-electron chi connectivity index (χ2n) is 8.45. The Balaban J connectivity index is 1.77. The van der Waals surface area contributed by atoms with Crippen molar-refractivity contribution >= 4 is 52.2 Å². The number of amides is 1. The van der Waals surface area contributed by atoms with E-state index in [0.29, 0.717) is 28.7 Å². The zero-order valence-corrected chi connectivity index (χ0v) is 20.3. The van der Waals surface area contributed by atoms with Crippen LogP contribution in [0.4, 0.5) is 23.0 Å². The first kappa shape index (κ1) is 24.3. The molecule has 0 aliphatic heterocycles. The Kier molecular flexibility index (Phi) is 6.91. The maximum Gasteiger partial charge on any atom is 0.258 e. The molecule has 6 N–H and O–H groups in total. The minimum atomic E-state index is -0.406. The minimum Gasteiger partial charge on any atom is -0.398 e. The number of pyridine rings is 1. The third-order valence-corrected chi connectivity index (χ3v) is 5.80. The summed E-state index contributed by atoms with van der Waals surface area (Å²) in [6, 6.07) is 16.8. The summed E-state index contributed by atoms with van der Waals surface area (Å²) in [5.41, 5.74) is 10.2. The van der Waals surface area contributed by atoms with Gasteiger partial charge in [-0.3, -0.25) is 4.79 Å². The summed E-state index contributed by atoms with van der Waals surface area (Å²) in [5, 5.41) is 27.1. The zero-order chi connectivity index (χ0) is 25.8. The molecular weight excluding hydrogens is 452 g/mol. The van der Waals surface area contributed by atoms with E-state index < -0.39 is 5.91 Å². The van der Waals surface area contributed by atoms with E-state index in [1.54, 1.807) is 35.9 Å². The molecule has 36 heavy (non-hydrogen) atoms. The van der Waals surface area contributed by atoms with Gasteiger partial charge in [-0.2, -0.15) is 0 Å². The van der Waals surface area contributed by atoms with Gasteiger partial charge in [-0.25, -0.2) is 9.67 Å². The number of hydrogen-bond acceptors (Lipinski definition) is 7. The van der Waals surface area contributed by atoms with E-state index >= 15 is 0 Å². The van der Waals surface area contributed by atoms with Crippen molar-refractivity contribution in [3.05, 3.63) is 77.4 Å².